The Labute approximate surface area is 249 Å². The first-order valence-electron chi connectivity index (χ1n) is 12.1. The molecule has 0 saturated carbocycles. The van der Waals surface area contributed by atoms with Crippen molar-refractivity contribution < 1.29 is 19.0 Å². The highest BCUT2D eigenvalue weighted by atomic mass is 79.9. The van der Waals surface area contributed by atoms with Gasteiger partial charge in [0.25, 0.3) is 5.91 Å². The average Bonchev–Trinajstić information content (AvgIpc) is 2.92. The number of nitrogens with one attached hydrogen (secondary N) is 1. The lowest BCUT2D eigenvalue weighted by molar-refractivity contribution is 0.0954. The maximum Gasteiger partial charge on any atom is 0.271 e. The summed E-state index contributed by atoms with van der Waals surface area (Å²) in [5.41, 5.74) is 5.70. The first-order valence-corrected chi connectivity index (χ1v) is 14.0. The maximum absolute atomic E-state index is 12.7. The molecule has 0 aliphatic carbocycles. The third kappa shape index (κ3) is 8.33. The maximum atomic E-state index is 12.7. The highest BCUT2D eigenvalue weighted by Crippen LogP contribution is 2.35. The molecule has 39 heavy (non-hydrogen) atoms. The number of ether oxygens (including phenoxy) is 3. The van der Waals surface area contributed by atoms with Crippen LogP contribution in [0.15, 0.2) is 99.0 Å². The lowest BCUT2D eigenvalue weighted by atomic mass is 10.2. The number of hydrogen-bond donors (Lipinski definition) is 1. The van der Waals surface area contributed by atoms with Gasteiger partial charge in [-0.1, -0.05) is 54.1 Å². The van der Waals surface area contributed by atoms with E-state index in [1.807, 2.05) is 73.7 Å². The molecular formula is C30H25Br2ClN2O4. The van der Waals surface area contributed by atoms with E-state index < -0.39 is 0 Å². The molecule has 0 heterocycles. The van der Waals surface area contributed by atoms with Crippen molar-refractivity contribution in [2.75, 3.05) is 6.61 Å². The Morgan fingerprint density at radius 1 is 0.846 bits per heavy atom. The van der Waals surface area contributed by atoms with E-state index in [1.54, 1.807) is 24.4 Å². The average molecular weight is 673 g/mol. The standard InChI is InChI=1S/C30H25Br2ClN2O4/c1-2-37-28-16-23(11-12-27(28)38-18-20-7-4-3-5-8-20)30(36)35-34-17-22-14-25(31)29(26(32)15-22)39-19-21-9-6-10-24(33)13-21/h3-17H,2,18-19H2,1H3,(H,35,36)/b34-17+. The van der Waals surface area contributed by atoms with Crippen LogP contribution in [0.2, 0.25) is 5.02 Å². The predicted molar refractivity (Wildman–Crippen MR) is 161 cm³/mol. The van der Waals surface area contributed by atoms with Crippen molar-refractivity contribution in [2.24, 2.45) is 5.10 Å². The Morgan fingerprint density at radius 2 is 1.56 bits per heavy atom. The number of amides is 1. The van der Waals surface area contributed by atoms with E-state index >= 15 is 0 Å². The van der Waals surface area contributed by atoms with Crippen molar-refractivity contribution in [3.63, 3.8) is 0 Å². The molecule has 0 unspecified atom stereocenters. The van der Waals surface area contributed by atoms with Crippen LogP contribution < -0.4 is 19.6 Å². The van der Waals surface area contributed by atoms with Crippen LogP contribution in [0, 0.1) is 0 Å². The van der Waals surface area contributed by atoms with Gasteiger partial charge in [-0.25, -0.2) is 5.43 Å². The summed E-state index contributed by atoms with van der Waals surface area (Å²) in [7, 11) is 0. The molecule has 0 atom stereocenters. The van der Waals surface area contributed by atoms with Crippen LogP contribution in [0.5, 0.6) is 17.2 Å². The minimum absolute atomic E-state index is 0.362. The summed E-state index contributed by atoms with van der Waals surface area (Å²) in [6.45, 7) is 3.07. The van der Waals surface area contributed by atoms with Gasteiger partial charge >= 0.3 is 0 Å². The second-order valence-electron chi connectivity index (χ2n) is 8.30. The molecule has 1 N–H and O–H groups in total. The van der Waals surface area contributed by atoms with Gasteiger partial charge in [-0.3, -0.25) is 4.79 Å². The molecule has 0 fully saturated rings. The molecule has 6 nitrogen and oxygen atoms in total. The summed E-state index contributed by atoms with van der Waals surface area (Å²) in [4.78, 5) is 12.7. The van der Waals surface area contributed by atoms with Gasteiger partial charge in [-0.05, 0) is 97.9 Å². The Hall–Kier alpha value is -3.33. The molecule has 4 aromatic rings. The molecule has 0 aliphatic rings. The third-order valence-electron chi connectivity index (χ3n) is 5.42. The Morgan fingerprint density at radius 3 is 2.28 bits per heavy atom. The van der Waals surface area contributed by atoms with E-state index in [-0.39, 0.29) is 5.91 Å². The van der Waals surface area contributed by atoms with Crippen molar-refractivity contribution in [3.8, 4) is 17.2 Å². The van der Waals surface area contributed by atoms with Crippen molar-refractivity contribution in [1.82, 2.24) is 5.43 Å². The quantitative estimate of drug-likeness (QED) is 0.129. The number of hydrazone groups is 1. The van der Waals surface area contributed by atoms with Crippen LogP contribution in [0.4, 0.5) is 0 Å². The molecular weight excluding hydrogens is 648 g/mol. The summed E-state index contributed by atoms with van der Waals surface area (Å²) >= 11 is 13.1. The van der Waals surface area contributed by atoms with E-state index in [2.05, 4.69) is 42.4 Å². The molecule has 0 aliphatic heterocycles. The molecule has 0 radical (unpaired) electrons. The van der Waals surface area contributed by atoms with Crippen molar-refractivity contribution in [1.29, 1.82) is 0 Å². The normalized spacial score (nSPS) is 10.9. The summed E-state index contributed by atoms with van der Waals surface area (Å²) in [6, 6.07) is 26.1. The SMILES string of the molecule is CCOc1cc(C(=O)N/N=C/c2cc(Br)c(OCc3cccc(Cl)c3)c(Br)c2)ccc1OCc1ccccc1. The summed E-state index contributed by atoms with van der Waals surface area (Å²) < 4.78 is 19.1. The third-order valence-corrected chi connectivity index (χ3v) is 6.83. The number of rotatable bonds is 11. The number of carbonyl (C=O) groups is 1. The molecule has 4 rings (SSSR count). The number of carbonyl (C=O) groups excluding carboxylic acids is 1. The fourth-order valence-corrected chi connectivity index (χ4v) is 5.24. The van der Waals surface area contributed by atoms with E-state index in [9.17, 15) is 4.79 Å². The van der Waals surface area contributed by atoms with Crippen LogP contribution in [0.1, 0.15) is 34.0 Å². The van der Waals surface area contributed by atoms with Crippen molar-refractivity contribution >= 4 is 55.6 Å². The fourth-order valence-electron chi connectivity index (χ4n) is 3.58. The smallest absolute Gasteiger partial charge is 0.271 e. The Bertz CT molecular complexity index is 1440. The summed E-state index contributed by atoms with van der Waals surface area (Å²) in [5.74, 6) is 1.33. The molecule has 200 valence electrons. The molecule has 0 saturated heterocycles. The van der Waals surface area contributed by atoms with Gasteiger partial charge in [-0.15, -0.1) is 0 Å². The van der Waals surface area contributed by atoms with Gasteiger partial charge in [0.2, 0.25) is 0 Å². The monoisotopic (exact) mass is 670 g/mol. The van der Waals surface area contributed by atoms with E-state index in [4.69, 9.17) is 25.8 Å². The van der Waals surface area contributed by atoms with Crippen LogP contribution >= 0.6 is 43.5 Å². The first-order chi connectivity index (χ1) is 18.9. The van der Waals surface area contributed by atoms with Gasteiger partial charge in [0, 0.05) is 10.6 Å². The van der Waals surface area contributed by atoms with E-state index in [0.29, 0.717) is 47.7 Å². The summed E-state index contributed by atoms with van der Waals surface area (Å²) in [5, 5.41) is 4.77. The zero-order valence-corrected chi connectivity index (χ0v) is 24.9. The highest BCUT2D eigenvalue weighted by molar-refractivity contribution is 9.11. The second-order valence-corrected chi connectivity index (χ2v) is 10.4. The van der Waals surface area contributed by atoms with E-state index in [0.717, 1.165) is 25.6 Å². The lowest BCUT2D eigenvalue weighted by Crippen LogP contribution is -2.17. The zero-order valence-electron chi connectivity index (χ0n) is 21.0. The second kappa shape index (κ2) is 14.2. The first kappa shape index (κ1) is 28.7. The molecule has 0 bridgehead atoms. The van der Waals surface area contributed by atoms with Gasteiger partial charge < -0.3 is 14.2 Å². The minimum atomic E-state index is -0.374. The van der Waals surface area contributed by atoms with Gasteiger partial charge in [-0.2, -0.15) is 5.10 Å². The van der Waals surface area contributed by atoms with Crippen LogP contribution in [-0.4, -0.2) is 18.7 Å². The van der Waals surface area contributed by atoms with Crippen molar-refractivity contribution in [2.45, 2.75) is 20.1 Å². The highest BCUT2D eigenvalue weighted by Gasteiger charge is 2.13. The van der Waals surface area contributed by atoms with Gasteiger partial charge in [0.15, 0.2) is 11.5 Å². The molecule has 0 aromatic heterocycles. The van der Waals surface area contributed by atoms with E-state index in [1.165, 1.54) is 0 Å². The summed E-state index contributed by atoms with van der Waals surface area (Å²) in [6.07, 6.45) is 1.55. The number of benzene rings is 4. The molecule has 9 heteroatoms. The molecule has 0 spiro atoms. The molecule has 1 amide bonds. The minimum Gasteiger partial charge on any atom is -0.490 e. The van der Waals surface area contributed by atoms with Gasteiger partial charge in [0.05, 0.1) is 21.8 Å². The van der Waals surface area contributed by atoms with Crippen LogP contribution in [0.25, 0.3) is 0 Å². The lowest BCUT2D eigenvalue weighted by Gasteiger charge is -2.13. The predicted octanol–water partition coefficient (Wildman–Crippen LogP) is 8.19. The van der Waals surface area contributed by atoms with Crippen LogP contribution in [0.3, 0.4) is 0 Å². The largest absolute Gasteiger partial charge is 0.490 e. The van der Waals surface area contributed by atoms with Gasteiger partial charge in [0.1, 0.15) is 19.0 Å². The number of hydrogen-bond acceptors (Lipinski definition) is 5. The fraction of sp³-hybridized carbons (Fsp3) is 0.133. The molecule has 4 aromatic carbocycles. The topological polar surface area (TPSA) is 69.2 Å². The van der Waals surface area contributed by atoms with Crippen LogP contribution in [-0.2, 0) is 13.2 Å². The zero-order chi connectivity index (χ0) is 27.6. The Kier molecular flexibility index (Phi) is 10.4. The number of nitrogens with zero attached hydrogens (tertiary/aromatic N) is 1. The van der Waals surface area contributed by atoms with Crippen molar-refractivity contribution in [3.05, 3.63) is 121 Å². The number of halogens is 3. The Balaban J connectivity index is 1.38.